The first-order chi connectivity index (χ1) is 8.16. The molecule has 1 fully saturated rings. The van der Waals surface area contributed by atoms with Crippen molar-refractivity contribution >= 4 is 5.91 Å². The maximum atomic E-state index is 13.5. The van der Waals surface area contributed by atoms with Crippen LogP contribution in [0.4, 0.5) is 4.39 Å². The summed E-state index contributed by atoms with van der Waals surface area (Å²) in [5.41, 5.74) is 5.81. The molecule has 0 aliphatic carbocycles. The Morgan fingerprint density at radius 2 is 2.41 bits per heavy atom. The first-order valence-electron chi connectivity index (χ1n) is 5.57. The fraction of sp³-hybridized carbons (Fsp3) is 0.417. The van der Waals surface area contributed by atoms with Gasteiger partial charge < -0.3 is 15.8 Å². The van der Waals surface area contributed by atoms with Gasteiger partial charge in [0.1, 0.15) is 5.82 Å². The molecule has 0 spiro atoms. The van der Waals surface area contributed by atoms with E-state index in [-0.39, 0.29) is 18.5 Å². The second-order valence-corrected chi connectivity index (χ2v) is 4.10. The molecular weight excluding hydrogens is 223 g/mol. The van der Waals surface area contributed by atoms with Crippen LogP contribution in [0.3, 0.4) is 0 Å². The summed E-state index contributed by atoms with van der Waals surface area (Å²) in [6, 6.07) is 4.06. The van der Waals surface area contributed by atoms with Gasteiger partial charge in [0.2, 0.25) is 5.91 Å². The number of hydrogen-bond acceptors (Lipinski definition) is 3. The van der Waals surface area contributed by atoms with E-state index < -0.39 is 5.91 Å². The summed E-state index contributed by atoms with van der Waals surface area (Å²) in [5.74, 6) is -0.935. The molecule has 1 saturated heterocycles. The van der Waals surface area contributed by atoms with Crippen molar-refractivity contribution in [2.24, 2.45) is 5.73 Å². The fourth-order valence-electron chi connectivity index (χ4n) is 1.82. The highest BCUT2D eigenvalue weighted by Gasteiger charge is 2.16. The molecule has 0 bridgehead atoms. The van der Waals surface area contributed by atoms with Gasteiger partial charge in [0.05, 0.1) is 12.7 Å². The van der Waals surface area contributed by atoms with Crippen molar-refractivity contribution in [3.63, 3.8) is 0 Å². The van der Waals surface area contributed by atoms with Crippen molar-refractivity contribution in [2.45, 2.75) is 19.1 Å². The van der Waals surface area contributed by atoms with Crippen LogP contribution in [0.15, 0.2) is 18.2 Å². The van der Waals surface area contributed by atoms with E-state index in [1.54, 1.807) is 0 Å². The number of carbonyl (C=O) groups is 1. The van der Waals surface area contributed by atoms with Crippen LogP contribution in [-0.4, -0.2) is 25.1 Å². The number of halogens is 1. The first kappa shape index (κ1) is 12.0. The van der Waals surface area contributed by atoms with E-state index in [1.807, 2.05) is 0 Å². The highest BCUT2D eigenvalue weighted by molar-refractivity contribution is 5.92. The quantitative estimate of drug-likeness (QED) is 0.815. The summed E-state index contributed by atoms with van der Waals surface area (Å²) in [7, 11) is 0. The molecule has 5 heteroatoms. The lowest BCUT2D eigenvalue weighted by atomic mass is 10.1. The maximum Gasteiger partial charge on any atom is 0.248 e. The second-order valence-electron chi connectivity index (χ2n) is 4.10. The molecule has 3 N–H and O–H groups in total. The third-order valence-corrected chi connectivity index (χ3v) is 2.82. The molecule has 1 atom stereocenters. The van der Waals surface area contributed by atoms with Gasteiger partial charge in [0, 0.05) is 17.7 Å². The molecule has 1 heterocycles. The Kier molecular flexibility index (Phi) is 3.71. The zero-order valence-corrected chi connectivity index (χ0v) is 9.41. The van der Waals surface area contributed by atoms with Crippen molar-refractivity contribution in [2.75, 3.05) is 13.1 Å². The molecule has 4 nitrogen and oxygen atoms in total. The minimum absolute atomic E-state index is 0.117. The van der Waals surface area contributed by atoms with Crippen LogP contribution >= 0.6 is 0 Å². The predicted octanol–water partition coefficient (Wildman–Crippen LogP) is 0.803. The van der Waals surface area contributed by atoms with Crippen molar-refractivity contribution in [1.29, 1.82) is 0 Å². The van der Waals surface area contributed by atoms with Gasteiger partial charge in [0.25, 0.3) is 0 Å². The van der Waals surface area contributed by atoms with Gasteiger partial charge in [-0.2, -0.15) is 0 Å². The standard InChI is InChI=1S/C12H15FN2O2/c13-11-2-1-8(12(14)16)5-9(11)7-17-10-3-4-15-6-10/h1-2,5,10,15H,3-4,6-7H2,(H2,14,16). The summed E-state index contributed by atoms with van der Waals surface area (Å²) >= 11 is 0. The van der Waals surface area contributed by atoms with Gasteiger partial charge >= 0.3 is 0 Å². The Morgan fingerprint density at radius 3 is 3.06 bits per heavy atom. The summed E-state index contributed by atoms with van der Waals surface area (Å²) in [6.07, 6.45) is 1.04. The maximum absolute atomic E-state index is 13.5. The Morgan fingerprint density at radius 1 is 1.59 bits per heavy atom. The van der Waals surface area contributed by atoms with Crippen LogP contribution < -0.4 is 11.1 Å². The SMILES string of the molecule is NC(=O)c1ccc(F)c(COC2CCNC2)c1. The fourth-order valence-corrected chi connectivity index (χ4v) is 1.82. The number of ether oxygens (including phenoxy) is 1. The second kappa shape index (κ2) is 5.25. The molecule has 17 heavy (non-hydrogen) atoms. The molecule has 0 radical (unpaired) electrons. The number of rotatable bonds is 4. The van der Waals surface area contributed by atoms with Crippen LogP contribution in [0.5, 0.6) is 0 Å². The smallest absolute Gasteiger partial charge is 0.248 e. The molecule has 2 rings (SSSR count). The summed E-state index contributed by atoms with van der Waals surface area (Å²) in [6.45, 7) is 1.88. The zero-order chi connectivity index (χ0) is 12.3. The molecule has 1 aromatic carbocycles. The number of amides is 1. The third kappa shape index (κ3) is 3.01. The van der Waals surface area contributed by atoms with E-state index in [9.17, 15) is 9.18 Å². The molecule has 92 valence electrons. The average molecular weight is 238 g/mol. The van der Waals surface area contributed by atoms with Crippen LogP contribution in [0, 0.1) is 5.82 Å². The van der Waals surface area contributed by atoms with E-state index in [0.29, 0.717) is 11.1 Å². The summed E-state index contributed by atoms with van der Waals surface area (Å²) < 4.78 is 19.0. The van der Waals surface area contributed by atoms with E-state index in [0.717, 1.165) is 19.5 Å². The highest BCUT2D eigenvalue weighted by atomic mass is 19.1. The van der Waals surface area contributed by atoms with Crippen LogP contribution in [-0.2, 0) is 11.3 Å². The molecule has 0 aromatic heterocycles. The van der Waals surface area contributed by atoms with E-state index in [2.05, 4.69) is 5.32 Å². The number of hydrogen-bond donors (Lipinski definition) is 2. The van der Waals surface area contributed by atoms with Crippen LogP contribution in [0.25, 0.3) is 0 Å². The van der Waals surface area contributed by atoms with Crippen molar-refractivity contribution in [3.05, 3.63) is 35.1 Å². The van der Waals surface area contributed by atoms with Crippen LogP contribution in [0.2, 0.25) is 0 Å². The molecule has 1 amide bonds. The Bertz CT molecular complexity index is 417. The third-order valence-electron chi connectivity index (χ3n) is 2.82. The molecule has 0 saturated carbocycles. The number of nitrogens with two attached hydrogens (primary N) is 1. The molecule has 1 aliphatic heterocycles. The van der Waals surface area contributed by atoms with Crippen molar-refractivity contribution in [3.8, 4) is 0 Å². The Hall–Kier alpha value is -1.46. The molecule has 1 aromatic rings. The van der Waals surface area contributed by atoms with Gasteiger partial charge in [-0.3, -0.25) is 4.79 Å². The molecule has 1 aliphatic rings. The number of primary amides is 1. The van der Waals surface area contributed by atoms with Gasteiger partial charge in [-0.1, -0.05) is 0 Å². The minimum Gasteiger partial charge on any atom is -0.372 e. The first-order valence-corrected chi connectivity index (χ1v) is 5.57. The number of benzene rings is 1. The summed E-state index contributed by atoms with van der Waals surface area (Å²) in [5, 5.41) is 3.16. The minimum atomic E-state index is -0.561. The van der Waals surface area contributed by atoms with Crippen molar-refractivity contribution in [1.82, 2.24) is 5.32 Å². The van der Waals surface area contributed by atoms with E-state index >= 15 is 0 Å². The lowest BCUT2D eigenvalue weighted by molar-refractivity contribution is 0.0525. The summed E-state index contributed by atoms with van der Waals surface area (Å²) in [4.78, 5) is 11.0. The van der Waals surface area contributed by atoms with Crippen molar-refractivity contribution < 1.29 is 13.9 Å². The largest absolute Gasteiger partial charge is 0.372 e. The lowest BCUT2D eigenvalue weighted by Gasteiger charge is -2.11. The topological polar surface area (TPSA) is 64.4 Å². The Balaban J connectivity index is 2.03. The zero-order valence-electron chi connectivity index (χ0n) is 9.41. The average Bonchev–Trinajstić information content (AvgIpc) is 2.80. The lowest BCUT2D eigenvalue weighted by Crippen LogP contribution is -2.17. The monoisotopic (exact) mass is 238 g/mol. The molecular formula is C12H15FN2O2. The van der Waals surface area contributed by atoms with Gasteiger partial charge in [-0.15, -0.1) is 0 Å². The number of carbonyl (C=O) groups excluding carboxylic acids is 1. The normalized spacial score (nSPS) is 19.5. The van der Waals surface area contributed by atoms with Gasteiger partial charge in [-0.25, -0.2) is 4.39 Å². The predicted molar refractivity (Wildman–Crippen MR) is 61.0 cm³/mol. The molecule has 1 unspecified atom stereocenters. The van der Waals surface area contributed by atoms with Gasteiger partial charge in [-0.05, 0) is 31.2 Å². The van der Waals surface area contributed by atoms with E-state index in [1.165, 1.54) is 18.2 Å². The highest BCUT2D eigenvalue weighted by Crippen LogP contribution is 2.14. The van der Waals surface area contributed by atoms with E-state index in [4.69, 9.17) is 10.5 Å². The van der Waals surface area contributed by atoms with Crippen LogP contribution in [0.1, 0.15) is 22.3 Å². The van der Waals surface area contributed by atoms with Gasteiger partial charge in [0.15, 0.2) is 0 Å². The number of nitrogens with one attached hydrogen (secondary N) is 1. The Labute approximate surface area is 98.9 Å².